The molecule has 306 valence electrons. The lowest BCUT2D eigenvalue weighted by Crippen LogP contribution is -2.57. The molecule has 2 heterocycles. The highest BCUT2D eigenvalue weighted by Gasteiger charge is 2.43. The maximum absolute atomic E-state index is 2.68. The molecule has 8 rings (SSSR count). The zero-order chi connectivity index (χ0) is 42.8. The summed E-state index contributed by atoms with van der Waals surface area (Å²) in [4.78, 5) is 2.68. The number of benzene rings is 5. The van der Waals surface area contributed by atoms with Crippen molar-refractivity contribution in [1.82, 2.24) is 0 Å². The molecule has 0 bridgehead atoms. The molecule has 0 atom stereocenters. The van der Waals surface area contributed by atoms with Crippen LogP contribution in [0.25, 0.3) is 21.2 Å². The number of hydrogen-bond donors (Lipinski definition) is 0. The monoisotopic (exact) mass is 798 g/mol. The second-order valence-corrected chi connectivity index (χ2v) is 24.4. The molecule has 0 saturated heterocycles. The summed E-state index contributed by atoms with van der Waals surface area (Å²) in [5.41, 5.74) is 19.4. The van der Waals surface area contributed by atoms with Gasteiger partial charge >= 0.3 is 0 Å². The highest BCUT2D eigenvalue weighted by atomic mass is 32.1. The minimum Gasteiger partial charge on any atom is -0.311 e. The fourth-order valence-electron chi connectivity index (χ4n) is 9.84. The Morgan fingerprint density at radius 2 is 1.10 bits per heavy atom. The lowest BCUT2D eigenvalue weighted by Gasteiger charge is -2.45. The van der Waals surface area contributed by atoms with Gasteiger partial charge in [0.15, 0.2) is 0 Å². The van der Waals surface area contributed by atoms with Crippen LogP contribution in [0.3, 0.4) is 0 Å². The molecule has 0 saturated carbocycles. The van der Waals surface area contributed by atoms with Crippen LogP contribution in [-0.2, 0) is 32.5 Å². The minimum atomic E-state index is -0.0181. The average molecular weight is 798 g/mol. The van der Waals surface area contributed by atoms with E-state index in [1.807, 2.05) is 11.3 Å². The fourth-order valence-corrected chi connectivity index (χ4v) is 10.8. The molecule has 0 amide bonds. The molecule has 59 heavy (non-hydrogen) atoms. The average Bonchev–Trinajstić information content (AvgIpc) is 3.56. The largest absolute Gasteiger partial charge is 0.311 e. The molecular formula is C56H68BNS. The van der Waals surface area contributed by atoms with Crippen LogP contribution in [0.2, 0.25) is 0 Å². The van der Waals surface area contributed by atoms with Crippen LogP contribution in [0.15, 0.2) is 96.4 Å². The Labute approximate surface area is 361 Å². The zero-order valence-electron chi connectivity index (χ0n) is 39.1. The molecule has 0 spiro atoms. The van der Waals surface area contributed by atoms with E-state index in [9.17, 15) is 0 Å². The number of anilines is 3. The van der Waals surface area contributed by atoms with E-state index in [1.54, 1.807) is 0 Å². The van der Waals surface area contributed by atoms with Crippen molar-refractivity contribution < 1.29 is 0 Å². The summed E-state index contributed by atoms with van der Waals surface area (Å²) in [6.07, 6.45) is 2.37. The minimum absolute atomic E-state index is 0.00176. The van der Waals surface area contributed by atoms with E-state index in [4.69, 9.17) is 0 Å². The zero-order valence-corrected chi connectivity index (χ0v) is 39.9. The summed E-state index contributed by atoms with van der Waals surface area (Å²) in [6.45, 7) is 38.2. The molecule has 5 aromatic carbocycles. The van der Waals surface area contributed by atoms with Gasteiger partial charge in [-0.25, -0.2) is 0 Å². The van der Waals surface area contributed by atoms with Crippen molar-refractivity contribution in [2.45, 2.75) is 156 Å². The Balaban J connectivity index is 1.53. The molecule has 1 aromatic heterocycles. The van der Waals surface area contributed by atoms with Crippen LogP contribution >= 0.6 is 11.3 Å². The maximum atomic E-state index is 2.68. The van der Waals surface area contributed by atoms with Crippen molar-refractivity contribution in [3.8, 4) is 11.1 Å². The van der Waals surface area contributed by atoms with Crippen molar-refractivity contribution >= 4 is 61.6 Å². The molecule has 0 unspecified atom stereocenters. The quantitative estimate of drug-likeness (QED) is 0.161. The van der Waals surface area contributed by atoms with Crippen LogP contribution in [-0.4, -0.2) is 6.71 Å². The smallest absolute Gasteiger partial charge is 0.248 e. The van der Waals surface area contributed by atoms with Gasteiger partial charge in [-0.05, 0) is 142 Å². The van der Waals surface area contributed by atoms with Crippen LogP contribution in [0.1, 0.15) is 157 Å². The number of fused-ring (bicyclic) bond motifs is 4. The van der Waals surface area contributed by atoms with Gasteiger partial charge in [-0.15, -0.1) is 11.3 Å². The number of thiophene rings is 1. The normalized spacial score (nSPS) is 16.5. The highest BCUT2D eigenvalue weighted by Crippen LogP contribution is 2.50. The Morgan fingerprint density at radius 3 is 1.69 bits per heavy atom. The summed E-state index contributed by atoms with van der Waals surface area (Å²) >= 11 is 1.90. The highest BCUT2D eigenvalue weighted by molar-refractivity contribution is 7.20. The second kappa shape index (κ2) is 13.7. The van der Waals surface area contributed by atoms with Gasteiger partial charge in [-0.3, -0.25) is 0 Å². The van der Waals surface area contributed by atoms with E-state index in [0.29, 0.717) is 0 Å². The summed E-state index contributed by atoms with van der Waals surface area (Å²) in [5, 5.41) is 3.88. The predicted octanol–water partition coefficient (Wildman–Crippen LogP) is 14.4. The Bertz CT molecular complexity index is 2570. The van der Waals surface area contributed by atoms with E-state index in [0.717, 1.165) is 0 Å². The summed E-state index contributed by atoms with van der Waals surface area (Å²) in [5.74, 6) is 0. The Morgan fingerprint density at radius 1 is 0.525 bits per heavy atom. The van der Waals surface area contributed by atoms with Gasteiger partial charge < -0.3 is 4.90 Å². The van der Waals surface area contributed by atoms with E-state index in [-0.39, 0.29) is 39.2 Å². The van der Waals surface area contributed by atoms with Gasteiger partial charge in [-0.2, -0.15) is 0 Å². The first-order chi connectivity index (χ1) is 27.3. The number of hydrogen-bond acceptors (Lipinski definition) is 2. The van der Waals surface area contributed by atoms with E-state index in [2.05, 4.69) is 212 Å². The molecule has 6 aromatic rings. The van der Waals surface area contributed by atoms with Gasteiger partial charge in [0.2, 0.25) is 6.71 Å². The molecule has 3 heteroatoms. The third-order valence-corrected chi connectivity index (χ3v) is 14.9. The number of rotatable bonds is 3. The molecule has 0 N–H and O–H groups in total. The molecule has 2 aliphatic rings. The Kier molecular flexibility index (Phi) is 9.69. The van der Waals surface area contributed by atoms with Gasteiger partial charge in [0.1, 0.15) is 0 Å². The molecule has 1 nitrogen and oxygen atoms in total. The maximum Gasteiger partial charge on any atom is 0.248 e. The first-order valence-electron chi connectivity index (χ1n) is 22.2. The van der Waals surface area contributed by atoms with Crippen molar-refractivity contribution in [3.63, 3.8) is 0 Å². The SMILES string of the molecule is CC(C)(C)c1cc(N2c3cc(-c4ccccc4C(C)(C)C)ccc3B(c3csc4ccc(C(C)(C)C)cc34)c3cc4c(cc32)C(C)(C)CCC4(C)C)cc(C(C)(C)C)c1. The molecular weight excluding hydrogens is 730 g/mol. The summed E-state index contributed by atoms with van der Waals surface area (Å²) in [6, 6.07) is 36.6. The van der Waals surface area contributed by atoms with Gasteiger partial charge in [0.05, 0.1) is 0 Å². The third-order valence-electron chi connectivity index (χ3n) is 13.9. The van der Waals surface area contributed by atoms with Gasteiger partial charge in [-0.1, -0.05) is 177 Å². The third kappa shape index (κ3) is 7.32. The lowest BCUT2D eigenvalue weighted by molar-refractivity contribution is 0.332. The van der Waals surface area contributed by atoms with Crippen LogP contribution < -0.4 is 21.3 Å². The van der Waals surface area contributed by atoms with Crippen molar-refractivity contribution in [2.24, 2.45) is 0 Å². The summed E-state index contributed by atoms with van der Waals surface area (Å²) in [7, 11) is 0. The van der Waals surface area contributed by atoms with Crippen molar-refractivity contribution in [2.75, 3.05) is 4.90 Å². The van der Waals surface area contributed by atoms with E-state index < -0.39 is 0 Å². The van der Waals surface area contributed by atoms with Gasteiger partial charge in [0.25, 0.3) is 0 Å². The molecule has 0 radical (unpaired) electrons. The standard InChI is InChI=1S/C56H68BNS/c1-51(2,3)36-22-24-50-41(31-36)47(34-59-50)57-45-23-21-35(40-19-17-18-20-42(40)54(10,11)12)27-48(45)58(39-29-37(52(4,5)6)28-38(30-39)53(7,8)9)49-33-44-43(32-46(49)57)55(13,14)25-26-56(44,15)16/h17-24,27-34H,25-26H2,1-16H3. The van der Waals surface area contributed by atoms with Gasteiger partial charge in [0, 0.05) is 21.8 Å². The Hall–Kier alpha value is -4.08. The second-order valence-electron chi connectivity index (χ2n) is 23.5. The van der Waals surface area contributed by atoms with Crippen LogP contribution in [0.4, 0.5) is 17.1 Å². The van der Waals surface area contributed by atoms with Crippen LogP contribution in [0, 0.1) is 0 Å². The van der Waals surface area contributed by atoms with E-state index >= 15 is 0 Å². The lowest BCUT2D eigenvalue weighted by atomic mass is 9.34. The van der Waals surface area contributed by atoms with Crippen molar-refractivity contribution in [3.05, 3.63) is 130 Å². The molecule has 0 fully saturated rings. The molecule has 1 aliphatic carbocycles. The van der Waals surface area contributed by atoms with Crippen LogP contribution in [0.5, 0.6) is 0 Å². The fraction of sp³-hybridized carbons (Fsp3) is 0.429. The topological polar surface area (TPSA) is 3.24 Å². The summed E-state index contributed by atoms with van der Waals surface area (Å²) < 4.78 is 1.36. The van der Waals surface area contributed by atoms with E-state index in [1.165, 1.54) is 101 Å². The van der Waals surface area contributed by atoms with Crippen molar-refractivity contribution in [1.29, 1.82) is 0 Å². The first-order valence-corrected chi connectivity index (χ1v) is 23.0. The first kappa shape index (κ1) is 41.7. The molecule has 1 aliphatic heterocycles. The predicted molar refractivity (Wildman–Crippen MR) is 263 cm³/mol. The number of nitrogens with zero attached hydrogens (tertiary/aromatic N) is 1.